The molecule has 0 saturated heterocycles. The van der Waals surface area contributed by atoms with E-state index < -0.39 is 24.5 Å². The summed E-state index contributed by atoms with van der Waals surface area (Å²) in [6.45, 7) is -0.430. The molecule has 0 radical (unpaired) electrons. The molecule has 9 nitrogen and oxygen atoms in total. The van der Waals surface area contributed by atoms with E-state index in [9.17, 15) is 24.6 Å². The molecule has 1 heterocycles. The molecule has 0 unspecified atom stereocenters. The molecular formula is C27H23NO8. The zero-order valence-electron chi connectivity index (χ0n) is 19.3. The number of rotatable bonds is 9. The molecule has 1 amide bonds. The van der Waals surface area contributed by atoms with Crippen LogP contribution >= 0.6 is 0 Å². The lowest BCUT2D eigenvalue weighted by Crippen LogP contribution is -2.44. The second kappa shape index (κ2) is 10.6. The van der Waals surface area contributed by atoms with Gasteiger partial charge in [0.1, 0.15) is 29.0 Å². The topological polar surface area (TPSA) is 131 Å². The number of Topliss-reactive ketones (excluding diaryl/α,β-unsaturated/α-hetero) is 1. The Bertz CT molecular complexity index is 1310. The Kier molecular flexibility index (Phi) is 7.20. The van der Waals surface area contributed by atoms with Crippen molar-refractivity contribution in [3.8, 4) is 23.0 Å². The van der Waals surface area contributed by atoms with Gasteiger partial charge in [-0.25, -0.2) is 4.79 Å². The minimum atomic E-state index is -1.20. The largest absolute Gasteiger partial charge is 0.508 e. The van der Waals surface area contributed by atoms with Gasteiger partial charge in [-0.3, -0.25) is 9.59 Å². The van der Waals surface area contributed by atoms with E-state index in [1.807, 2.05) is 0 Å². The molecule has 3 aromatic rings. The highest BCUT2D eigenvalue weighted by atomic mass is 16.5. The Labute approximate surface area is 206 Å². The van der Waals surface area contributed by atoms with Crippen LogP contribution in [0.4, 0.5) is 0 Å². The summed E-state index contributed by atoms with van der Waals surface area (Å²) in [4.78, 5) is 36.6. The first-order valence-corrected chi connectivity index (χ1v) is 11.0. The molecule has 1 aliphatic rings. The van der Waals surface area contributed by atoms with Crippen molar-refractivity contribution in [1.29, 1.82) is 0 Å². The van der Waals surface area contributed by atoms with Crippen LogP contribution in [0.2, 0.25) is 0 Å². The van der Waals surface area contributed by atoms with Crippen LogP contribution in [0.3, 0.4) is 0 Å². The molecule has 0 saturated carbocycles. The van der Waals surface area contributed by atoms with Crippen molar-refractivity contribution in [2.24, 2.45) is 0 Å². The second-order valence-corrected chi connectivity index (χ2v) is 7.99. The Morgan fingerprint density at radius 2 is 1.72 bits per heavy atom. The number of aromatic hydroxyl groups is 1. The molecular weight excluding hydrogens is 466 g/mol. The van der Waals surface area contributed by atoms with Crippen LogP contribution in [-0.4, -0.2) is 47.6 Å². The smallest absolute Gasteiger partial charge is 0.326 e. The van der Waals surface area contributed by atoms with Crippen molar-refractivity contribution in [2.45, 2.75) is 12.5 Å². The number of allylic oxidation sites excluding steroid dienone is 1. The number of carboxylic acid groups (broad SMARTS) is 1. The fourth-order valence-corrected chi connectivity index (χ4v) is 3.56. The van der Waals surface area contributed by atoms with Crippen molar-refractivity contribution in [3.05, 3.63) is 89.2 Å². The number of aliphatic carboxylic acids is 1. The SMILES string of the molecule is COc1ccc(/C=C2\Oc3cc(OCC(=O)N[C@@H](Cc4ccc(O)cc4)C(=O)O)ccc3C2=O)cc1. The number of ketones is 1. The molecule has 0 fully saturated rings. The van der Waals surface area contributed by atoms with Gasteiger partial charge in [0.25, 0.3) is 5.91 Å². The maximum absolute atomic E-state index is 12.7. The quantitative estimate of drug-likeness (QED) is 0.391. The number of carbonyl (C=O) groups excluding carboxylic acids is 2. The Hall–Kier alpha value is -4.79. The third-order valence-corrected chi connectivity index (χ3v) is 5.43. The average Bonchev–Trinajstić information content (AvgIpc) is 3.18. The van der Waals surface area contributed by atoms with Crippen LogP contribution in [0, 0.1) is 0 Å². The number of carbonyl (C=O) groups is 3. The van der Waals surface area contributed by atoms with E-state index in [1.165, 1.54) is 24.3 Å². The van der Waals surface area contributed by atoms with Gasteiger partial charge in [-0.1, -0.05) is 24.3 Å². The van der Waals surface area contributed by atoms with Crippen LogP contribution < -0.4 is 19.5 Å². The van der Waals surface area contributed by atoms with Crippen molar-refractivity contribution < 1.29 is 38.8 Å². The van der Waals surface area contributed by atoms with Gasteiger partial charge in [-0.15, -0.1) is 0 Å². The number of amides is 1. The molecule has 0 aromatic heterocycles. The van der Waals surface area contributed by atoms with Gasteiger partial charge in [-0.2, -0.15) is 0 Å². The second-order valence-electron chi connectivity index (χ2n) is 7.99. The Balaban J connectivity index is 1.36. The lowest BCUT2D eigenvalue weighted by molar-refractivity contribution is -0.142. The summed E-state index contributed by atoms with van der Waals surface area (Å²) < 4.78 is 16.3. The number of benzene rings is 3. The zero-order chi connectivity index (χ0) is 25.7. The number of hydrogen-bond acceptors (Lipinski definition) is 7. The molecule has 3 N–H and O–H groups in total. The minimum absolute atomic E-state index is 0.0411. The first kappa shape index (κ1) is 24.3. The summed E-state index contributed by atoms with van der Waals surface area (Å²) in [5.41, 5.74) is 1.77. The van der Waals surface area contributed by atoms with Gasteiger partial charge in [0.2, 0.25) is 5.78 Å². The average molecular weight is 489 g/mol. The standard InChI is InChI=1S/C27H23NO8/c1-34-19-8-4-17(5-9-19)13-24-26(31)21-11-10-20(14-23(21)36-24)35-15-25(30)28-22(27(32)33)12-16-2-6-18(29)7-3-16/h2-11,13-14,22,29H,12,15H2,1H3,(H,28,30)(H,32,33)/b24-13-/t22-/m0/s1. The summed E-state index contributed by atoms with van der Waals surface area (Å²) in [7, 11) is 1.57. The molecule has 9 heteroatoms. The molecule has 1 atom stereocenters. The van der Waals surface area contributed by atoms with Crippen LogP contribution in [0.1, 0.15) is 21.5 Å². The Morgan fingerprint density at radius 3 is 2.39 bits per heavy atom. The number of ether oxygens (including phenoxy) is 3. The first-order chi connectivity index (χ1) is 17.3. The molecule has 4 rings (SSSR count). The monoisotopic (exact) mass is 489 g/mol. The van der Waals surface area contributed by atoms with Gasteiger partial charge in [0, 0.05) is 12.5 Å². The van der Waals surface area contributed by atoms with Gasteiger partial charge in [0.15, 0.2) is 12.4 Å². The zero-order valence-corrected chi connectivity index (χ0v) is 19.3. The molecule has 0 bridgehead atoms. The van der Waals surface area contributed by atoms with Crippen molar-refractivity contribution in [2.75, 3.05) is 13.7 Å². The maximum atomic E-state index is 12.7. The number of phenols is 1. The predicted octanol–water partition coefficient (Wildman–Crippen LogP) is 3.21. The number of carboxylic acids is 1. The number of hydrogen-bond donors (Lipinski definition) is 3. The van der Waals surface area contributed by atoms with E-state index in [0.717, 1.165) is 5.56 Å². The summed E-state index contributed by atoms with van der Waals surface area (Å²) in [6, 6.07) is 16.6. The predicted molar refractivity (Wildman–Crippen MR) is 129 cm³/mol. The van der Waals surface area contributed by atoms with Gasteiger partial charge >= 0.3 is 5.97 Å². The summed E-state index contributed by atoms with van der Waals surface area (Å²) in [5, 5.41) is 21.2. The van der Waals surface area contributed by atoms with E-state index in [4.69, 9.17) is 14.2 Å². The van der Waals surface area contributed by atoms with Crippen LogP contribution in [0.5, 0.6) is 23.0 Å². The van der Waals surface area contributed by atoms with E-state index in [2.05, 4.69) is 5.32 Å². The summed E-state index contributed by atoms with van der Waals surface area (Å²) >= 11 is 0. The minimum Gasteiger partial charge on any atom is -0.508 e. The van der Waals surface area contributed by atoms with Gasteiger partial charge in [-0.05, 0) is 53.6 Å². The molecule has 0 spiro atoms. The van der Waals surface area contributed by atoms with E-state index >= 15 is 0 Å². The van der Waals surface area contributed by atoms with E-state index in [1.54, 1.807) is 55.7 Å². The number of phenolic OH excluding ortho intramolecular Hbond substituents is 1. The fourth-order valence-electron chi connectivity index (χ4n) is 3.56. The van der Waals surface area contributed by atoms with Crippen molar-refractivity contribution in [3.63, 3.8) is 0 Å². The maximum Gasteiger partial charge on any atom is 0.326 e. The third-order valence-electron chi connectivity index (χ3n) is 5.43. The lowest BCUT2D eigenvalue weighted by atomic mass is 10.1. The highest BCUT2D eigenvalue weighted by Gasteiger charge is 2.28. The fraction of sp³-hybridized carbons (Fsp3) is 0.148. The van der Waals surface area contributed by atoms with Crippen LogP contribution in [-0.2, 0) is 16.0 Å². The molecule has 184 valence electrons. The van der Waals surface area contributed by atoms with Crippen molar-refractivity contribution in [1.82, 2.24) is 5.32 Å². The molecule has 3 aromatic carbocycles. The number of methoxy groups -OCH3 is 1. The van der Waals surface area contributed by atoms with Crippen LogP contribution in [0.15, 0.2) is 72.5 Å². The van der Waals surface area contributed by atoms with E-state index in [-0.39, 0.29) is 29.5 Å². The third kappa shape index (κ3) is 5.82. The Morgan fingerprint density at radius 1 is 1.03 bits per heavy atom. The first-order valence-electron chi connectivity index (χ1n) is 11.0. The molecule has 1 aliphatic heterocycles. The van der Waals surface area contributed by atoms with Gasteiger partial charge in [0.05, 0.1) is 12.7 Å². The normalized spacial score (nSPS) is 14.0. The number of fused-ring (bicyclic) bond motifs is 1. The summed E-state index contributed by atoms with van der Waals surface area (Å²) in [5.74, 6) is -0.601. The van der Waals surface area contributed by atoms with E-state index in [0.29, 0.717) is 22.6 Å². The van der Waals surface area contributed by atoms with Crippen molar-refractivity contribution >= 4 is 23.7 Å². The number of nitrogens with one attached hydrogen (secondary N) is 1. The summed E-state index contributed by atoms with van der Waals surface area (Å²) in [6.07, 6.45) is 1.66. The highest BCUT2D eigenvalue weighted by molar-refractivity contribution is 6.14. The molecule has 0 aliphatic carbocycles. The van der Waals surface area contributed by atoms with Crippen LogP contribution in [0.25, 0.3) is 6.08 Å². The molecule has 36 heavy (non-hydrogen) atoms. The van der Waals surface area contributed by atoms with Gasteiger partial charge < -0.3 is 29.7 Å². The lowest BCUT2D eigenvalue weighted by Gasteiger charge is -2.15. The highest BCUT2D eigenvalue weighted by Crippen LogP contribution is 2.35.